The highest BCUT2D eigenvalue weighted by molar-refractivity contribution is 5.92. The zero-order chi connectivity index (χ0) is 20.8. The van der Waals surface area contributed by atoms with Gasteiger partial charge in [-0.15, -0.1) is 0 Å². The number of methoxy groups -OCH3 is 2. The molecule has 1 amide bonds. The minimum absolute atomic E-state index is 0.0112. The first-order valence-electron chi connectivity index (χ1n) is 10.0. The number of nitrogens with one attached hydrogen (secondary N) is 1. The third-order valence-electron chi connectivity index (χ3n) is 4.98. The number of hydrogen-bond acceptors (Lipinski definition) is 5. The average molecular weight is 399 g/mol. The highest BCUT2D eigenvalue weighted by Gasteiger charge is 2.20. The lowest BCUT2D eigenvalue weighted by Crippen LogP contribution is -2.33. The van der Waals surface area contributed by atoms with Crippen molar-refractivity contribution in [2.75, 3.05) is 32.6 Å². The van der Waals surface area contributed by atoms with Crippen LogP contribution in [0.3, 0.4) is 0 Å². The van der Waals surface area contributed by atoms with E-state index in [1.807, 2.05) is 44.2 Å². The summed E-state index contributed by atoms with van der Waals surface area (Å²) >= 11 is 0. The molecule has 156 valence electrons. The number of hydrogen-bond donors (Lipinski definition) is 1. The topological polar surface area (TPSA) is 60.0 Å². The number of rotatable bonds is 8. The zero-order valence-electron chi connectivity index (χ0n) is 17.7. The van der Waals surface area contributed by atoms with Crippen LogP contribution in [0.2, 0.25) is 0 Å². The summed E-state index contributed by atoms with van der Waals surface area (Å²) in [6.45, 7) is 6.36. The molecule has 0 bridgehead atoms. The van der Waals surface area contributed by atoms with Crippen LogP contribution in [-0.2, 0) is 17.8 Å². The largest absolute Gasteiger partial charge is 0.493 e. The molecular weight excluding hydrogens is 368 g/mol. The number of benzene rings is 2. The van der Waals surface area contributed by atoms with E-state index in [2.05, 4.69) is 16.3 Å². The number of para-hydroxylation sites is 2. The molecule has 1 N–H and O–H groups in total. The molecule has 29 heavy (non-hydrogen) atoms. The van der Waals surface area contributed by atoms with Crippen LogP contribution in [0.15, 0.2) is 36.4 Å². The molecule has 1 heterocycles. The lowest BCUT2D eigenvalue weighted by Gasteiger charge is -2.29. The number of ether oxygens (including phenoxy) is 3. The maximum Gasteiger partial charge on any atom is 0.225 e. The van der Waals surface area contributed by atoms with E-state index in [-0.39, 0.29) is 12.0 Å². The molecule has 0 aromatic heterocycles. The Morgan fingerprint density at radius 1 is 1.07 bits per heavy atom. The van der Waals surface area contributed by atoms with Gasteiger partial charge in [-0.05, 0) is 55.7 Å². The van der Waals surface area contributed by atoms with Crippen LogP contribution in [-0.4, -0.2) is 44.2 Å². The van der Waals surface area contributed by atoms with E-state index < -0.39 is 0 Å². The van der Waals surface area contributed by atoms with E-state index in [4.69, 9.17) is 14.2 Å². The smallest absolute Gasteiger partial charge is 0.225 e. The monoisotopic (exact) mass is 398 g/mol. The summed E-state index contributed by atoms with van der Waals surface area (Å²) < 4.78 is 16.6. The van der Waals surface area contributed by atoms with Crippen molar-refractivity contribution in [2.45, 2.75) is 39.3 Å². The molecule has 1 aliphatic rings. The molecule has 0 fully saturated rings. The molecule has 1 aliphatic heterocycles. The summed E-state index contributed by atoms with van der Waals surface area (Å²) in [5.74, 6) is 2.20. The van der Waals surface area contributed by atoms with Crippen LogP contribution in [0, 0.1) is 0 Å². The molecule has 3 rings (SSSR count). The highest BCUT2D eigenvalue weighted by atomic mass is 16.5. The summed E-state index contributed by atoms with van der Waals surface area (Å²) in [5.41, 5.74) is 3.22. The summed E-state index contributed by atoms with van der Waals surface area (Å²) in [6.07, 6.45) is 1.41. The molecule has 0 atom stereocenters. The number of fused-ring (bicyclic) bond motifs is 1. The van der Waals surface area contributed by atoms with E-state index in [1.165, 1.54) is 11.1 Å². The quantitative estimate of drug-likeness (QED) is 0.731. The number of amides is 1. The number of nitrogens with zero attached hydrogens (tertiary/aromatic N) is 1. The molecule has 0 unspecified atom stereocenters. The van der Waals surface area contributed by atoms with Gasteiger partial charge >= 0.3 is 0 Å². The van der Waals surface area contributed by atoms with Crippen molar-refractivity contribution >= 4 is 11.6 Å². The van der Waals surface area contributed by atoms with E-state index in [0.717, 1.165) is 31.0 Å². The molecular formula is C23H30N2O4. The Hall–Kier alpha value is -2.73. The lowest BCUT2D eigenvalue weighted by molar-refractivity contribution is -0.116. The second-order valence-electron chi connectivity index (χ2n) is 7.46. The molecule has 6 heteroatoms. The maximum absolute atomic E-state index is 12.5. The van der Waals surface area contributed by atoms with Crippen molar-refractivity contribution in [3.05, 3.63) is 47.5 Å². The van der Waals surface area contributed by atoms with Gasteiger partial charge in [0.1, 0.15) is 5.75 Å². The fourth-order valence-corrected chi connectivity index (χ4v) is 3.53. The lowest BCUT2D eigenvalue weighted by atomic mass is 9.98. The molecule has 6 nitrogen and oxygen atoms in total. The molecule has 0 saturated heterocycles. The van der Waals surface area contributed by atoms with Crippen LogP contribution in [0.4, 0.5) is 5.69 Å². The van der Waals surface area contributed by atoms with Gasteiger partial charge in [0, 0.05) is 26.1 Å². The minimum Gasteiger partial charge on any atom is -0.493 e. The van der Waals surface area contributed by atoms with Crippen LogP contribution >= 0.6 is 0 Å². The van der Waals surface area contributed by atoms with Gasteiger partial charge in [-0.25, -0.2) is 0 Å². The second kappa shape index (κ2) is 9.65. The zero-order valence-corrected chi connectivity index (χ0v) is 17.7. The van der Waals surface area contributed by atoms with Crippen molar-refractivity contribution in [1.29, 1.82) is 0 Å². The van der Waals surface area contributed by atoms with Crippen LogP contribution in [0.5, 0.6) is 17.2 Å². The standard InChI is InChI=1S/C23H30N2O4/c1-16(2)29-20-8-6-5-7-19(20)24-23(26)10-12-25-11-9-17-13-21(27-3)22(28-4)14-18(17)15-25/h5-8,13-14,16H,9-12,15H2,1-4H3,(H,24,26). The predicted molar refractivity (Wildman–Crippen MR) is 114 cm³/mol. The van der Waals surface area contributed by atoms with Crippen molar-refractivity contribution in [3.63, 3.8) is 0 Å². The predicted octanol–water partition coefficient (Wildman–Crippen LogP) is 3.88. The molecule has 2 aromatic carbocycles. The van der Waals surface area contributed by atoms with Gasteiger partial charge in [0.2, 0.25) is 5.91 Å². The van der Waals surface area contributed by atoms with E-state index in [0.29, 0.717) is 24.4 Å². The van der Waals surface area contributed by atoms with Gasteiger partial charge < -0.3 is 19.5 Å². The fraction of sp³-hybridized carbons (Fsp3) is 0.435. The van der Waals surface area contributed by atoms with Gasteiger partial charge in [-0.1, -0.05) is 12.1 Å². The molecule has 0 spiro atoms. The fourth-order valence-electron chi connectivity index (χ4n) is 3.53. The molecule has 2 aromatic rings. The van der Waals surface area contributed by atoms with Crippen molar-refractivity contribution in [2.24, 2.45) is 0 Å². The van der Waals surface area contributed by atoms with Crippen LogP contribution < -0.4 is 19.5 Å². The Balaban J connectivity index is 1.57. The van der Waals surface area contributed by atoms with E-state index >= 15 is 0 Å². The van der Waals surface area contributed by atoms with Crippen molar-refractivity contribution < 1.29 is 19.0 Å². The Labute approximate surface area is 172 Å². The first-order chi connectivity index (χ1) is 14.0. The Kier molecular flexibility index (Phi) is 6.99. The molecule has 0 saturated carbocycles. The normalized spacial score (nSPS) is 13.7. The van der Waals surface area contributed by atoms with Crippen LogP contribution in [0.1, 0.15) is 31.4 Å². The van der Waals surface area contributed by atoms with Gasteiger partial charge in [0.25, 0.3) is 0 Å². The van der Waals surface area contributed by atoms with Gasteiger partial charge in [0.05, 0.1) is 26.0 Å². The first-order valence-corrected chi connectivity index (χ1v) is 10.0. The van der Waals surface area contributed by atoms with E-state index in [1.54, 1.807) is 14.2 Å². The molecule has 0 radical (unpaired) electrons. The van der Waals surface area contributed by atoms with Gasteiger partial charge in [0.15, 0.2) is 11.5 Å². The number of carbonyl (C=O) groups excluding carboxylic acids is 1. The highest BCUT2D eigenvalue weighted by Crippen LogP contribution is 2.33. The number of carbonyl (C=O) groups is 1. The summed E-state index contributed by atoms with van der Waals surface area (Å²) in [5, 5.41) is 2.98. The van der Waals surface area contributed by atoms with Gasteiger partial charge in [-0.3, -0.25) is 9.69 Å². The summed E-state index contributed by atoms with van der Waals surface area (Å²) in [6, 6.07) is 11.6. The minimum atomic E-state index is -0.0112. The second-order valence-corrected chi connectivity index (χ2v) is 7.46. The first kappa shape index (κ1) is 21.0. The average Bonchev–Trinajstić information content (AvgIpc) is 2.72. The third kappa shape index (κ3) is 5.41. The van der Waals surface area contributed by atoms with E-state index in [9.17, 15) is 4.79 Å². The molecule has 0 aliphatic carbocycles. The Bertz CT molecular complexity index is 851. The third-order valence-corrected chi connectivity index (χ3v) is 4.98. The maximum atomic E-state index is 12.5. The summed E-state index contributed by atoms with van der Waals surface area (Å²) in [7, 11) is 3.30. The van der Waals surface area contributed by atoms with Crippen LogP contribution in [0.25, 0.3) is 0 Å². The van der Waals surface area contributed by atoms with Crippen molar-refractivity contribution in [1.82, 2.24) is 4.90 Å². The number of anilines is 1. The SMILES string of the molecule is COc1cc2c(cc1OC)CN(CCC(=O)Nc1ccccc1OC(C)C)CC2. The van der Waals surface area contributed by atoms with Crippen molar-refractivity contribution in [3.8, 4) is 17.2 Å². The van der Waals surface area contributed by atoms with Gasteiger partial charge in [-0.2, -0.15) is 0 Å². The summed E-state index contributed by atoms with van der Waals surface area (Å²) in [4.78, 5) is 14.8. The Morgan fingerprint density at radius 2 is 1.76 bits per heavy atom. The Morgan fingerprint density at radius 3 is 2.45 bits per heavy atom.